The molecule has 0 saturated carbocycles. The Morgan fingerprint density at radius 3 is 2.06 bits per heavy atom. The van der Waals surface area contributed by atoms with Crippen LogP contribution in [0.4, 0.5) is 0 Å². The molecule has 0 aromatic rings. The van der Waals surface area contributed by atoms with Crippen LogP contribution in [-0.2, 0) is 14.4 Å². The van der Waals surface area contributed by atoms with E-state index in [9.17, 15) is 14.4 Å². The van der Waals surface area contributed by atoms with E-state index in [2.05, 4.69) is 10.6 Å². The molecule has 0 bridgehead atoms. The summed E-state index contributed by atoms with van der Waals surface area (Å²) in [5, 5.41) is 12.9. The lowest BCUT2D eigenvalue weighted by Crippen LogP contribution is -2.43. The molecule has 0 aromatic heterocycles. The molecule has 0 aliphatic heterocycles. The van der Waals surface area contributed by atoms with Crippen molar-refractivity contribution in [3.63, 3.8) is 0 Å². The first kappa shape index (κ1) is 16.4. The molecular weight excluding hydrogens is 238 g/mol. The first-order valence-electron chi connectivity index (χ1n) is 5.63. The predicted molar refractivity (Wildman–Crippen MR) is 65.7 cm³/mol. The molecule has 0 spiro atoms. The summed E-state index contributed by atoms with van der Waals surface area (Å²) in [6.07, 6.45) is 0.121. The first-order valence-corrected chi connectivity index (χ1v) is 5.63. The van der Waals surface area contributed by atoms with E-state index in [0.717, 1.165) is 0 Å². The second kappa shape index (κ2) is 6.95. The summed E-state index contributed by atoms with van der Waals surface area (Å²) in [5.41, 5.74) is 5.63. The van der Waals surface area contributed by atoms with Gasteiger partial charge in [0.25, 0.3) is 0 Å². The van der Waals surface area contributed by atoms with Gasteiger partial charge in [-0.2, -0.15) is 0 Å². The third kappa shape index (κ3) is 7.61. The molecule has 104 valence electrons. The van der Waals surface area contributed by atoms with Gasteiger partial charge >= 0.3 is 5.97 Å². The van der Waals surface area contributed by atoms with Crippen LogP contribution in [0, 0.1) is 5.41 Å². The van der Waals surface area contributed by atoms with Gasteiger partial charge < -0.3 is 21.5 Å². The molecule has 0 saturated heterocycles. The topological polar surface area (TPSA) is 122 Å². The van der Waals surface area contributed by atoms with Crippen molar-refractivity contribution >= 4 is 17.8 Å². The van der Waals surface area contributed by atoms with E-state index < -0.39 is 18.4 Å². The molecule has 7 nitrogen and oxygen atoms in total. The molecule has 0 rings (SSSR count). The zero-order chi connectivity index (χ0) is 14.3. The van der Waals surface area contributed by atoms with Gasteiger partial charge in [0.1, 0.15) is 6.54 Å². The summed E-state index contributed by atoms with van der Waals surface area (Å²) in [6, 6.07) is -0.306. The van der Waals surface area contributed by atoms with E-state index in [4.69, 9.17) is 10.8 Å². The molecule has 18 heavy (non-hydrogen) atoms. The second-order valence-corrected chi connectivity index (χ2v) is 5.12. The number of hydrogen-bond donors (Lipinski definition) is 4. The maximum Gasteiger partial charge on any atom is 0.322 e. The van der Waals surface area contributed by atoms with E-state index >= 15 is 0 Å². The fourth-order valence-corrected chi connectivity index (χ4v) is 0.994. The minimum atomic E-state index is -1.13. The van der Waals surface area contributed by atoms with Crippen molar-refractivity contribution in [2.75, 3.05) is 13.1 Å². The number of nitrogens with one attached hydrogen (secondary N) is 2. The van der Waals surface area contributed by atoms with Crippen LogP contribution in [0.15, 0.2) is 0 Å². The average Bonchev–Trinajstić information content (AvgIpc) is 2.22. The van der Waals surface area contributed by atoms with Crippen molar-refractivity contribution in [3.05, 3.63) is 0 Å². The van der Waals surface area contributed by atoms with Crippen LogP contribution < -0.4 is 16.4 Å². The van der Waals surface area contributed by atoms with E-state index in [-0.39, 0.29) is 30.3 Å². The molecule has 2 amide bonds. The number of nitrogens with two attached hydrogens (primary N) is 1. The number of rotatable bonds is 6. The highest BCUT2D eigenvalue weighted by Crippen LogP contribution is 2.19. The first-order chi connectivity index (χ1) is 8.12. The molecule has 7 heteroatoms. The molecule has 1 unspecified atom stereocenters. The van der Waals surface area contributed by atoms with Gasteiger partial charge in [-0.1, -0.05) is 20.8 Å². The lowest BCUT2D eigenvalue weighted by Gasteiger charge is -2.26. The Morgan fingerprint density at radius 1 is 1.11 bits per heavy atom. The number of aliphatic carboxylic acids is 1. The number of carbonyl (C=O) groups is 3. The summed E-state index contributed by atoms with van der Waals surface area (Å²) in [7, 11) is 0. The Bertz CT molecular complexity index is 323. The van der Waals surface area contributed by atoms with Crippen molar-refractivity contribution in [3.8, 4) is 0 Å². The molecular formula is C11H21N3O4. The Hall–Kier alpha value is -1.63. The van der Waals surface area contributed by atoms with Crippen molar-refractivity contribution < 1.29 is 19.5 Å². The fraction of sp³-hybridized carbons (Fsp3) is 0.727. The normalized spacial score (nSPS) is 12.7. The molecule has 1 atom stereocenters. The van der Waals surface area contributed by atoms with Crippen LogP contribution in [0.2, 0.25) is 0 Å². The summed E-state index contributed by atoms with van der Waals surface area (Å²) in [4.78, 5) is 32.7. The van der Waals surface area contributed by atoms with Gasteiger partial charge in [-0.3, -0.25) is 14.4 Å². The highest BCUT2D eigenvalue weighted by atomic mass is 16.4. The molecule has 0 heterocycles. The maximum absolute atomic E-state index is 11.5. The lowest BCUT2D eigenvalue weighted by molar-refractivity contribution is -0.137. The van der Waals surface area contributed by atoms with E-state index in [1.165, 1.54) is 0 Å². The monoisotopic (exact) mass is 259 g/mol. The largest absolute Gasteiger partial charge is 0.480 e. The van der Waals surface area contributed by atoms with Gasteiger partial charge in [0.15, 0.2) is 0 Å². The van der Waals surface area contributed by atoms with Crippen LogP contribution in [-0.4, -0.2) is 42.0 Å². The Labute approximate surface area is 106 Å². The summed E-state index contributed by atoms with van der Waals surface area (Å²) in [6.45, 7) is 5.05. The average molecular weight is 259 g/mol. The maximum atomic E-state index is 11.5. The fourth-order valence-electron chi connectivity index (χ4n) is 0.994. The van der Waals surface area contributed by atoms with Crippen LogP contribution in [0.3, 0.4) is 0 Å². The molecule has 5 N–H and O–H groups in total. The molecule has 0 aromatic carbocycles. The highest BCUT2D eigenvalue weighted by molar-refractivity contribution is 5.86. The standard InChI is InChI=1S/C11H21N3O4/c1-11(2,3)7(12)4-8(15)13-5-9(16)14-6-10(17)18/h7H,4-6,12H2,1-3H3,(H,13,15)(H,14,16)(H,17,18). The van der Waals surface area contributed by atoms with Gasteiger partial charge in [0.05, 0.1) is 6.54 Å². The molecule has 0 aliphatic carbocycles. The van der Waals surface area contributed by atoms with Gasteiger partial charge in [-0.15, -0.1) is 0 Å². The zero-order valence-electron chi connectivity index (χ0n) is 10.9. The van der Waals surface area contributed by atoms with Crippen molar-refractivity contribution in [2.24, 2.45) is 11.1 Å². The Balaban J connectivity index is 3.90. The third-order valence-electron chi connectivity index (χ3n) is 2.40. The molecule has 0 radical (unpaired) electrons. The Kier molecular flexibility index (Phi) is 6.32. The smallest absolute Gasteiger partial charge is 0.322 e. The van der Waals surface area contributed by atoms with Crippen molar-refractivity contribution in [2.45, 2.75) is 33.2 Å². The van der Waals surface area contributed by atoms with Crippen LogP contribution >= 0.6 is 0 Å². The Morgan fingerprint density at radius 2 is 1.61 bits per heavy atom. The third-order valence-corrected chi connectivity index (χ3v) is 2.40. The van der Waals surface area contributed by atoms with Crippen molar-refractivity contribution in [1.29, 1.82) is 0 Å². The van der Waals surface area contributed by atoms with E-state index in [1.807, 2.05) is 20.8 Å². The van der Waals surface area contributed by atoms with Crippen LogP contribution in [0.1, 0.15) is 27.2 Å². The number of hydrogen-bond acceptors (Lipinski definition) is 4. The lowest BCUT2D eigenvalue weighted by atomic mass is 9.85. The second-order valence-electron chi connectivity index (χ2n) is 5.12. The summed E-state index contributed by atoms with van der Waals surface area (Å²) >= 11 is 0. The number of carbonyl (C=O) groups excluding carboxylic acids is 2. The number of amides is 2. The molecule has 0 fully saturated rings. The number of carboxylic acid groups (broad SMARTS) is 1. The molecule has 0 aliphatic rings. The van der Waals surface area contributed by atoms with Gasteiger partial charge in [0, 0.05) is 12.5 Å². The number of carboxylic acids is 1. The minimum absolute atomic E-state index is 0.121. The van der Waals surface area contributed by atoms with Crippen LogP contribution in [0.5, 0.6) is 0 Å². The zero-order valence-corrected chi connectivity index (χ0v) is 10.9. The quantitative estimate of drug-likeness (QED) is 0.491. The van der Waals surface area contributed by atoms with Gasteiger partial charge in [0.2, 0.25) is 11.8 Å². The minimum Gasteiger partial charge on any atom is -0.480 e. The van der Waals surface area contributed by atoms with E-state index in [0.29, 0.717) is 0 Å². The van der Waals surface area contributed by atoms with Crippen LogP contribution in [0.25, 0.3) is 0 Å². The highest BCUT2D eigenvalue weighted by Gasteiger charge is 2.23. The predicted octanol–water partition coefficient (Wildman–Crippen LogP) is -0.933. The van der Waals surface area contributed by atoms with Gasteiger partial charge in [-0.25, -0.2) is 0 Å². The summed E-state index contributed by atoms with van der Waals surface area (Å²) in [5.74, 6) is -2.01. The van der Waals surface area contributed by atoms with E-state index in [1.54, 1.807) is 0 Å². The van der Waals surface area contributed by atoms with Crippen molar-refractivity contribution in [1.82, 2.24) is 10.6 Å². The van der Waals surface area contributed by atoms with Gasteiger partial charge in [-0.05, 0) is 5.41 Å². The SMILES string of the molecule is CC(C)(C)C(N)CC(=O)NCC(=O)NCC(=O)O. The summed E-state index contributed by atoms with van der Waals surface area (Å²) < 4.78 is 0.